The number of fused-ring (bicyclic) bond motifs is 2. The first kappa shape index (κ1) is 12.9. The number of hydrogen-bond acceptors (Lipinski definition) is 3. The van der Waals surface area contributed by atoms with Crippen molar-refractivity contribution in [2.75, 3.05) is 0 Å². The van der Waals surface area contributed by atoms with E-state index < -0.39 is 0 Å². The van der Waals surface area contributed by atoms with Gasteiger partial charge in [0.05, 0.1) is 11.8 Å². The van der Waals surface area contributed by atoms with Crippen LogP contribution in [0.5, 0.6) is 0 Å². The Hall–Kier alpha value is -1.81. The Kier molecular flexibility index (Phi) is 3.19. The Labute approximate surface area is 131 Å². The molecule has 0 fully saturated rings. The summed E-state index contributed by atoms with van der Waals surface area (Å²) in [6.07, 6.45) is 9.10. The van der Waals surface area contributed by atoms with Crippen LogP contribution >= 0.6 is 15.9 Å². The van der Waals surface area contributed by atoms with Crippen LogP contribution in [0.25, 0.3) is 0 Å². The van der Waals surface area contributed by atoms with Gasteiger partial charge in [-0.2, -0.15) is 0 Å². The zero-order valence-corrected chi connectivity index (χ0v) is 12.9. The first-order valence-electron chi connectivity index (χ1n) is 6.99. The van der Waals surface area contributed by atoms with Gasteiger partial charge in [0.1, 0.15) is 11.9 Å². The van der Waals surface area contributed by atoms with E-state index in [0.29, 0.717) is 5.92 Å². The largest absolute Gasteiger partial charge is 0.474 e. The molecule has 3 nitrogen and oxygen atoms in total. The molecule has 4 heteroatoms. The maximum absolute atomic E-state index is 5.82. The smallest absolute Gasteiger partial charge is 0.174 e. The predicted molar refractivity (Wildman–Crippen MR) is 84.8 cm³/mol. The maximum Gasteiger partial charge on any atom is 0.174 e. The first-order valence-corrected chi connectivity index (χ1v) is 7.79. The SMILES string of the molecule is Brc1ccc(C2CC3=C(OC=CC3)C3=CN=COC32)cc1. The van der Waals surface area contributed by atoms with Crippen LogP contribution in [-0.4, -0.2) is 12.5 Å². The third-order valence-electron chi connectivity index (χ3n) is 4.15. The summed E-state index contributed by atoms with van der Waals surface area (Å²) in [5, 5.41) is 0. The fourth-order valence-electron chi connectivity index (χ4n) is 3.16. The molecule has 2 unspecified atom stereocenters. The molecule has 0 saturated carbocycles. The Balaban J connectivity index is 1.76. The summed E-state index contributed by atoms with van der Waals surface area (Å²) in [6, 6.07) is 8.48. The predicted octanol–water partition coefficient (Wildman–Crippen LogP) is 4.44. The van der Waals surface area contributed by atoms with E-state index in [4.69, 9.17) is 9.47 Å². The molecule has 2 aliphatic heterocycles. The van der Waals surface area contributed by atoms with Crippen LogP contribution in [0.2, 0.25) is 0 Å². The topological polar surface area (TPSA) is 30.8 Å². The van der Waals surface area contributed by atoms with Crippen molar-refractivity contribution in [2.24, 2.45) is 4.99 Å². The third kappa shape index (κ3) is 2.23. The lowest BCUT2D eigenvalue weighted by Gasteiger charge is -2.37. The van der Waals surface area contributed by atoms with E-state index in [9.17, 15) is 0 Å². The molecule has 1 aromatic carbocycles. The minimum absolute atomic E-state index is 0.0195. The van der Waals surface area contributed by atoms with Crippen molar-refractivity contribution in [3.05, 3.63) is 69.7 Å². The monoisotopic (exact) mass is 343 g/mol. The van der Waals surface area contributed by atoms with Crippen LogP contribution in [-0.2, 0) is 9.47 Å². The Morgan fingerprint density at radius 2 is 2.05 bits per heavy atom. The number of aliphatic imine (C=N–C) groups is 1. The molecule has 106 valence electrons. The van der Waals surface area contributed by atoms with Gasteiger partial charge < -0.3 is 9.47 Å². The van der Waals surface area contributed by atoms with Crippen molar-refractivity contribution in [3.63, 3.8) is 0 Å². The molecule has 0 amide bonds. The fraction of sp³-hybridized carbons (Fsp3) is 0.235. The highest BCUT2D eigenvalue weighted by molar-refractivity contribution is 9.10. The molecule has 0 aromatic heterocycles. The molecular weight excluding hydrogens is 330 g/mol. The molecule has 0 spiro atoms. The lowest BCUT2D eigenvalue weighted by Crippen LogP contribution is -2.32. The lowest BCUT2D eigenvalue weighted by atomic mass is 9.77. The van der Waals surface area contributed by atoms with E-state index >= 15 is 0 Å². The van der Waals surface area contributed by atoms with Gasteiger partial charge in [-0.15, -0.1) is 0 Å². The molecule has 2 atom stereocenters. The van der Waals surface area contributed by atoms with Gasteiger partial charge in [-0.25, -0.2) is 4.99 Å². The number of rotatable bonds is 1. The third-order valence-corrected chi connectivity index (χ3v) is 4.68. The van der Waals surface area contributed by atoms with Crippen molar-refractivity contribution in [3.8, 4) is 0 Å². The number of allylic oxidation sites excluding steroid dienone is 2. The van der Waals surface area contributed by atoms with Crippen molar-refractivity contribution in [1.29, 1.82) is 0 Å². The van der Waals surface area contributed by atoms with Crippen LogP contribution in [0, 0.1) is 0 Å². The van der Waals surface area contributed by atoms with E-state index in [1.165, 1.54) is 17.5 Å². The van der Waals surface area contributed by atoms with Gasteiger partial charge in [-0.3, -0.25) is 0 Å². The summed E-state index contributed by atoms with van der Waals surface area (Å²) >= 11 is 3.49. The summed E-state index contributed by atoms with van der Waals surface area (Å²) in [4.78, 5) is 4.14. The van der Waals surface area contributed by atoms with Gasteiger partial charge in [0, 0.05) is 16.6 Å². The van der Waals surface area contributed by atoms with Gasteiger partial charge in [-0.05, 0) is 42.2 Å². The van der Waals surface area contributed by atoms with Crippen LogP contribution in [0.3, 0.4) is 0 Å². The summed E-state index contributed by atoms with van der Waals surface area (Å²) in [7, 11) is 0. The number of nitrogens with zero attached hydrogens (tertiary/aromatic N) is 1. The molecule has 1 aliphatic carbocycles. The second kappa shape index (κ2) is 5.19. The van der Waals surface area contributed by atoms with Crippen molar-refractivity contribution < 1.29 is 9.47 Å². The first-order chi connectivity index (χ1) is 10.3. The normalized spacial score (nSPS) is 26.4. The molecule has 21 heavy (non-hydrogen) atoms. The van der Waals surface area contributed by atoms with Gasteiger partial charge in [0.15, 0.2) is 6.40 Å². The molecule has 3 aliphatic rings. The van der Waals surface area contributed by atoms with Crippen molar-refractivity contribution >= 4 is 22.3 Å². The van der Waals surface area contributed by atoms with Crippen LogP contribution in [0.1, 0.15) is 24.3 Å². The highest BCUT2D eigenvalue weighted by Gasteiger charge is 2.38. The van der Waals surface area contributed by atoms with Gasteiger partial charge in [0.25, 0.3) is 0 Å². The van der Waals surface area contributed by atoms with Gasteiger partial charge in [-0.1, -0.05) is 28.1 Å². The van der Waals surface area contributed by atoms with E-state index in [1.54, 1.807) is 6.26 Å². The lowest BCUT2D eigenvalue weighted by molar-refractivity contribution is 0.172. The molecule has 0 radical (unpaired) electrons. The van der Waals surface area contributed by atoms with Gasteiger partial charge in [0.2, 0.25) is 0 Å². The summed E-state index contributed by atoms with van der Waals surface area (Å²) in [5.74, 6) is 1.25. The van der Waals surface area contributed by atoms with Crippen molar-refractivity contribution in [1.82, 2.24) is 0 Å². The maximum atomic E-state index is 5.82. The fourth-order valence-corrected chi connectivity index (χ4v) is 3.43. The molecule has 2 heterocycles. The van der Waals surface area contributed by atoms with Crippen LogP contribution in [0.15, 0.2) is 69.2 Å². The standard InChI is InChI=1S/C17H14BrNO2/c18-13-5-3-11(4-6-13)14-8-12-2-1-7-20-16(12)15-9-19-10-21-17(14)15/h1,3-7,9-10,14,17H,2,8H2. The highest BCUT2D eigenvalue weighted by atomic mass is 79.9. The van der Waals surface area contributed by atoms with Crippen molar-refractivity contribution in [2.45, 2.75) is 24.9 Å². The van der Waals surface area contributed by atoms with Gasteiger partial charge >= 0.3 is 0 Å². The molecule has 1 aromatic rings. The molecule has 0 bridgehead atoms. The van der Waals surface area contributed by atoms with E-state index in [0.717, 1.165) is 28.6 Å². The zero-order chi connectivity index (χ0) is 14.2. The Bertz CT molecular complexity index is 685. The number of ether oxygens (including phenoxy) is 2. The Morgan fingerprint density at radius 1 is 1.19 bits per heavy atom. The second-order valence-electron chi connectivity index (χ2n) is 5.38. The minimum atomic E-state index is -0.0195. The summed E-state index contributed by atoms with van der Waals surface area (Å²) < 4.78 is 12.6. The number of benzene rings is 1. The second-order valence-corrected chi connectivity index (χ2v) is 6.30. The quantitative estimate of drug-likeness (QED) is 0.754. The molecule has 4 rings (SSSR count). The number of halogens is 1. The number of hydrogen-bond donors (Lipinski definition) is 0. The summed E-state index contributed by atoms with van der Waals surface area (Å²) in [5.41, 5.74) is 3.66. The van der Waals surface area contributed by atoms with E-state index in [2.05, 4.69) is 51.3 Å². The zero-order valence-electron chi connectivity index (χ0n) is 11.3. The van der Waals surface area contributed by atoms with E-state index in [-0.39, 0.29) is 6.10 Å². The van der Waals surface area contributed by atoms with Crippen LogP contribution in [0.4, 0.5) is 0 Å². The molecule has 0 saturated heterocycles. The average Bonchev–Trinajstić information content (AvgIpc) is 2.55. The Morgan fingerprint density at radius 3 is 2.90 bits per heavy atom. The minimum Gasteiger partial charge on any atom is -0.474 e. The molecular formula is C17H14BrNO2. The average molecular weight is 344 g/mol. The van der Waals surface area contributed by atoms with E-state index in [1.807, 2.05) is 6.20 Å². The van der Waals surface area contributed by atoms with Crippen LogP contribution < -0.4 is 0 Å². The highest BCUT2D eigenvalue weighted by Crippen LogP contribution is 2.44. The molecule has 0 N–H and O–H groups in total. The summed E-state index contributed by atoms with van der Waals surface area (Å²) in [6.45, 7) is 0.